The summed E-state index contributed by atoms with van der Waals surface area (Å²) in [7, 11) is 0. The van der Waals surface area contributed by atoms with Gasteiger partial charge in [-0.1, -0.05) is 28.1 Å². The first kappa shape index (κ1) is 14.0. The van der Waals surface area contributed by atoms with Gasteiger partial charge in [-0.15, -0.1) is 0 Å². The molecule has 23 heavy (non-hydrogen) atoms. The molecule has 2 aromatic carbocycles. The molecule has 2 heterocycles. The quantitative estimate of drug-likeness (QED) is 0.598. The van der Waals surface area contributed by atoms with Crippen molar-refractivity contribution >= 4 is 33.9 Å². The summed E-state index contributed by atoms with van der Waals surface area (Å²) in [6.07, 6.45) is 1.66. The molecule has 0 N–H and O–H groups in total. The third-order valence-corrected chi connectivity index (χ3v) is 3.89. The molecule has 0 aliphatic carbocycles. The third kappa shape index (κ3) is 2.73. The van der Waals surface area contributed by atoms with Crippen molar-refractivity contribution < 1.29 is 19.0 Å². The van der Waals surface area contributed by atoms with Crippen molar-refractivity contribution in [1.82, 2.24) is 0 Å². The van der Waals surface area contributed by atoms with Crippen LogP contribution in [0, 0.1) is 0 Å². The van der Waals surface area contributed by atoms with Crippen LogP contribution < -0.4 is 9.47 Å². The van der Waals surface area contributed by atoms with Crippen LogP contribution in [0.15, 0.2) is 57.6 Å². The van der Waals surface area contributed by atoms with Crippen LogP contribution in [0.5, 0.6) is 11.5 Å². The molecule has 0 unspecified atom stereocenters. The maximum absolute atomic E-state index is 12.0. The van der Waals surface area contributed by atoms with E-state index in [0.29, 0.717) is 17.4 Å². The number of carbonyl (C=O) groups is 1. The maximum Gasteiger partial charge on any atom is 0.363 e. The normalized spacial score (nSPS) is 17.3. The Morgan fingerprint density at radius 2 is 1.96 bits per heavy atom. The Labute approximate surface area is 140 Å². The minimum atomic E-state index is -0.474. The summed E-state index contributed by atoms with van der Waals surface area (Å²) in [5.74, 6) is 1.17. The number of fused-ring (bicyclic) bond motifs is 1. The monoisotopic (exact) mass is 371 g/mol. The lowest BCUT2D eigenvalue weighted by Gasteiger charge is -1.99. The Balaban J connectivity index is 1.67. The van der Waals surface area contributed by atoms with Gasteiger partial charge in [0.05, 0.1) is 0 Å². The van der Waals surface area contributed by atoms with Gasteiger partial charge in [0.15, 0.2) is 17.2 Å². The smallest absolute Gasteiger partial charge is 0.363 e. The van der Waals surface area contributed by atoms with Crippen LogP contribution in [0.3, 0.4) is 0 Å². The SMILES string of the molecule is O=C1OC(c2cccc(Br)c2)=N/C1=C\c1ccc2c(c1)OCO2. The van der Waals surface area contributed by atoms with E-state index in [9.17, 15) is 4.79 Å². The van der Waals surface area contributed by atoms with E-state index in [-0.39, 0.29) is 12.5 Å². The second-order valence-corrected chi connectivity index (χ2v) is 5.87. The first-order valence-corrected chi connectivity index (χ1v) is 7.66. The largest absolute Gasteiger partial charge is 0.454 e. The van der Waals surface area contributed by atoms with Crippen LogP contribution in [0.2, 0.25) is 0 Å². The maximum atomic E-state index is 12.0. The first-order valence-electron chi connectivity index (χ1n) is 6.87. The van der Waals surface area contributed by atoms with Gasteiger partial charge in [-0.05, 0) is 42.0 Å². The van der Waals surface area contributed by atoms with Gasteiger partial charge in [-0.3, -0.25) is 0 Å². The molecule has 4 rings (SSSR count). The van der Waals surface area contributed by atoms with Crippen molar-refractivity contribution in [2.45, 2.75) is 0 Å². The van der Waals surface area contributed by atoms with Gasteiger partial charge in [0.2, 0.25) is 12.7 Å². The van der Waals surface area contributed by atoms with Crippen molar-refractivity contribution in [3.05, 3.63) is 63.8 Å². The van der Waals surface area contributed by atoms with Crippen LogP contribution in [0.25, 0.3) is 6.08 Å². The number of esters is 1. The number of cyclic esters (lactones) is 1. The number of carbonyl (C=O) groups excluding carboxylic acids is 1. The van der Waals surface area contributed by atoms with Crippen molar-refractivity contribution in [3.8, 4) is 11.5 Å². The predicted molar refractivity (Wildman–Crippen MR) is 87.3 cm³/mol. The van der Waals surface area contributed by atoms with E-state index in [1.165, 1.54) is 0 Å². The summed E-state index contributed by atoms with van der Waals surface area (Å²) in [4.78, 5) is 16.3. The highest BCUT2D eigenvalue weighted by Gasteiger charge is 2.24. The number of ether oxygens (including phenoxy) is 3. The number of halogens is 1. The van der Waals surface area contributed by atoms with Gasteiger partial charge in [-0.25, -0.2) is 9.79 Å². The Hall–Kier alpha value is -2.60. The second-order valence-electron chi connectivity index (χ2n) is 4.96. The molecule has 0 bridgehead atoms. The zero-order valence-corrected chi connectivity index (χ0v) is 13.4. The zero-order chi connectivity index (χ0) is 15.8. The average molecular weight is 372 g/mol. The minimum Gasteiger partial charge on any atom is -0.454 e. The Bertz CT molecular complexity index is 873. The van der Waals surface area contributed by atoms with E-state index in [2.05, 4.69) is 20.9 Å². The standard InChI is InChI=1S/C17H10BrNO4/c18-12-3-1-2-11(8-12)16-19-13(17(20)23-16)6-10-4-5-14-15(7-10)22-9-21-14/h1-8H,9H2/b13-6-. The highest BCUT2D eigenvalue weighted by atomic mass is 79.9. The molecular weight excluding hydrogens is 362 g/mol. The van der Waals surface area contributed by atoms with Crippen molar-refractivity contribution in [2.24, 2.45) is 4.99 Å². The van der Waals surface area contributed by atoms with Crippen LogP contribution in [-0.4, -0.2) is 18.7 Å². The van der Waals surface area contributed by atoms with Crippen LogP contribution >= 0.6 is 15.9 Å². The summed E-state index contributed by atoms with van der Waals surface area (Å²) >= 11 is 3.39. The number of rotatable bonds is 2. The van der Waals surface area contributed by atoms with Crippen molar-refractivity contribution in [3.63, 3.8) is 0 Å². The average Bonchev–Trinajstić information content (AvgIpc) is 3.14. The fraction of sp³-hybridized carbons (Fsp3) is 0.0588. The summed E-state index contributed by atoms with van der Waals surface area (Å²) in [5.41, 5.74) is 1.78. The number of aliphatic imine (C=N–C) groups is 1. The molecule has 0 atom stereocenters. The molecular formula is C17H10BrNO4. The lowest BCUT2D eigenvalue weighted by atomic mass is 10.1. The van der Waals surface area contributed by atoms with E-state index in [1.54, 1.807) is 18.2 Å². The number of hydrogen-bond acceptors (Lipinski definition) is 5. The topological polar surface area (TPSA) is 57.1 Å². The van der Waals surface area contributed by atoms with Gasteiger partial charge in [0.25, 0.3) is 0 Å². The Morgan fingerprint density at radius 1 is 1.09 bits per heavy atom. The van der Waals surface area contributed by atoms with Crippen molar-refractivity contribution in [2.75, 3.05) is 6.79 Å². The number of hydrogen-bond donors (Lipinski definition) is 0. The molecule has 2 aromatic rings. The fourth-order valence-electron chi connectivity index (χ4n) is 2.31. The van der Waals surface area contributed by atoms with Crippen LogP contribution in [0.1, 0.15) is 11.1 Å². The predicted octanol–water partition coefficient (Wildman–Crippen LogP) is 3.52. The van der Waals surface area contributed by atoms with Crippen molar-refractivity contribution in [1.29, 1.82) is 0 Å². The molecule has 0 fully saturated rings. The molecule has 5 nitrogen and oxygen atoms in total. The molecule has 6 heteroatoms. The lowest BCUT2D eigenvalue weighted by Crippen LogP contribution is -2.05. The van der Waals surface area contributed by atoms with E-state index in [4.69, 9.17) is 14.2 Å². The second kappa shape index (κ2) is 5.55. The van der Waals surface area contributed by atoms with Gasteiger partial charge < -0.3 is 14.2 Å². The molecule has 0 saturated heterocycles. The van der Waals surface area contributed by atoms with E-state index in [1.807, 2.05) is 30.3 Å². The molecule has 2 aliphatic heterocycles. The zero-order valence-electron chi connectivity index (χ0n) is 11.8. The first-order chi connectivity index (χ1) is 11.2. The van der Waals surface area contributed by atoms with E-state index in [0.717, 1.165) is 15.6 Å². The summed E-state index contributed by atoms with van der Waals surface area (Å²) < 4.78 is 16.7. The van der Waals surface area contributed by atoms with Gasteiger partial charge >= 0.3 is 5.97 Å². The Kier molecular flexibility index (Phi) is 3.38. The molecule has 114 valence electrons. The van der Waals surface area contributed by atoms with Crippen LogP contribution in [0.4, 0.5) is 0 Å². The number of benzene rings is 2. The van der Waals surface area contributed by atoms with Gasteiger partial charge in [-0.2, -0.15) is 0 Å². The number of nitrogens with zero attached hydrogens (tertiary/aromatic N) is 1. The molecule has 0 radical (unpaired) electrons. The van der Waals surface area contributed by atoms with Gasteiger partial charge in [0.1, 0.15) is 0 Å². The van der Waals surface area contributed by atoms with Gasteiger partial charge in [0, 0.05) is 10.0 Å². The lowest BCUT2D eigenvalue weighted by molar-refractivity contribution is -0.129. The summed E-state index contributed by atoms with van der Waals surface area (Å²) in [5, 5.41) is 0. The summed E-state index contributed by atoms with van der Waals surface area (Å²) in [6, 6.07) is 12.9. The molecule has 0 amide bonds. The van der Waals surface area contributed by atoms with E-state index < -0.39 is 5.97 Å². The molecule has 2 aliphatic rings. The third-order valence-electron chi connectivity index (χ3n) is 3.39. The Morgan fingerprint density at radius 3 is 2.83 bits per heavy atom. The minimum absolute atomic E-state index is 0.211. The molecule has 0 spiro atoms. The summed E-state index contributed by atoms with van der Waals surface area (Å²) in [6.45, 7) is 0.211. The highest BCUT2D eigenvalue weighted by Crippen LogP contribution is 2.33. The fourth-order valence-corrected chi connectivity index (χ4v) is 2.71. The van der Waals surface area contributed by atoms with Crippen LogP contribution in [-0.2, 0) is 9.53 Å². The highest BCUT2D eigenvalue weighted by molar-refractivity contribution is 9.10. The molecule has 0 saturated carbocycles. The molecule has 0 aromatic heterocycles. The van der Waals surface area contributed by atoms with E-state index >= 15 is 0 Å².